The van der Waals surface area contributed by atoms with Gasteiger partial charge in [0.25, 0.3) is 0 Å². The zero-order valence-electron chi connectivity index (χ0n) is 9.29. The van der Waals surface area contributed by atoms with Gasteiger partial charge >= 0.3 is 0 Å². The van der Waals surface area contributed by atoms with E-state index in [1.54, 1.807) is 10.9 Å². The molecule has 1 aliphatic rings. The van der Waals surface area contributed by atoms with Crippen LogP contribution in [0, 0.1) is 0 Å². The van der Waals surface area contributed by atoms with Crippen LogP contribution in [0.3, 0.4) is 0 Å². The Morgan fingerprint density at radius 3 is 3.07 bits per heavy atom. The highest BCUT2D eigenvalue weighted by Crippen LogP contribution is 2.23. The molecular formula is C11H17N3O. The van der Waals surface area contributed by atoms with Crippen molar-refractivity contribution in [2.24, 2.45) is 0 Å². The van der Waals surface area contributed by atoms with Crippen LogP contribution in [-0.2, 0) is 6.54 Å². The van der Waals surface area contributed by atoms with Crippen molar-refractivity contribution in [3.63, 3.8) is 0 Å². The first kappa shape index (κ1) is 10.4. The zero-order valence-corrected chi connectivity index (χ0v) is 9.29. The molecule has 1 fully saturated rings. The summed E-state index contributed by atoms with van der Waals surface area (Å²) >= 11 is 0. The molecule has 0 radical (unpaired) electrons. The number of nitrogens with one attached hydrogen (secondary N) is 1. The molecule has 4 nitrogen and oxygen atoms in total. The number of ketones is 1. The van der Waals surface area contributed by atoms with Crippen molar-refractivity contribution >= 4 is 5.78 Å². The first-order valence-electron chi connectivity index (χ1n) is 5.48. The molecule has 2 rings (SSSR count). The Morgan fingerprint density at radius 1 is 1.73 bits per heavy atom. The number of hydrogen-bond acceptors (Lipinski definition) is 3. The predicted molar refractivity (Wildman–Crippen MR) is 57.9 cm³/mol. The van der Waals surface area contributed by atoms with Crippen molar-refractivity contribution in [1.29, 1.82) is 0 Å². The molecule has 1 aromatic rings. The van der Waals surface area contributed by atoms with Gasteiger partial charge in [-0.25, -0.2) is 0 Å². The average molecular weight is 207 g/mol. The van der Waals surface area contributed by atoms with Gasteiger partial charge in [-0.05, 0) is 33.2 Å². The largest absolute Gasteiger partial charge is 0.305 e. The molecule has 0 aliphatic carbocycles. The Hall–Kier alpha value is -1.16. The van der Waals surface area contributed by atoms with E-state index in [2.05, 4.69) is 10.4 Å². The Morgan fingerprint density at radius 2 is 2.53 bits per heavy atom. The van der Waals surface area contributed by atoms with Crippen LogP contribution < -0.4 is 5.32 Å². The van der Waals surface area contributed by atoms with Gasteiger partial charge < -0.3 is 5.32 Å². The minimum absolute atomic E-state index is 0.166. The Kier molecular flexibility index (Phi) is 2.61. The van der Waals surface area contributed by atoms with E-state index in [9.17, 15) is 4.79 Å². The number of carbonyl (C=O) groups is 1. The van der Waals surface area contributed by atoms with Crippen LogP contribution in [0.2, 0.25) is 0 Å². The van der Waals surface area contributed by atoms with E-state index in [0.717, 1.165) is 25.9 Å². The Balaban J connectivity index is 2.19. The number of carbonyl (C=O) groups excluding carboxylic acids is 1. The van der Waals surface area contributed by atoms with Crippen LogP contribution in [0.25, 0.3) is 0 Å². The summed E-state index contributed by atoms with van der Waals surface area (Å²) in [5.74, 6) is 0.166. The second-order valence-corrected chi connectivity index (χ2v) is 4.28. The number of nitrogens with zero attached hydrogens (tertiary/aromatic N) is 2. The second kappa shape index (κ2) is 3.77. The maximum atomic E-state index is 12.2. The van der Waals surface area contributed by atoms with Gasteiger partial charge in [-0.15, -0.1) is 0 Å². The molecule has 0 amide bonds. The molecule has 1 unspecified atom stereocenters. The first-order chi connectivity index (χ1) is 7.15. The molecule has 4 heteroatoms. The van der Waals surface area contributed by atoms with Crippen molar-refractivity contribution in [1.82, 2.24) is 15.1 Å². The van der Waals surface area contributed by atoms with Crippen molar-refractivity contribution in [3.05, 3.63) is 18.0 Å². The molecule has 1 aliphatic heterocycles. The smallest absolute Gasteiger partial charge is 0.185 e. The highest BCUT2D eigenvalue weighted by molar-refractivity contribution is 6.02. The summed E-state index contributed by atoms with van der Waals surface area (Å²) in [5, 5.41) is 7.40. The first-order valence-corrected chi connectivity index (χ1v) is 5.48. The standard InChI is InChI=1S/C11H17N3O/c1-3-14-8-9(7-13-14)10(15)11(2)5-4-6-12-11/h7-8,12H,3-6H2,1-2H3. The summed E-state index contributed by atoms with van der Waals surface area (Å²) in [6.07, 6.45) is 5.48. The fourth-order valence-electron chi connectivity index (χ4n) is 2.06. The third kappa shape index (κ3) is 1.81. The quantitative estimate of drug-likeness (QED) is 0.758. The number of aryl methyl sites for hydroxylation is 1. The molecule has 15 heavy (non-hydrogen) atoms. The molecule has 0 saturated carbocycles. The summed E-state index contributed by atoms with van der Waals surface area (Å²) in [6.45, 7) is 5.73. The van der Waals surface area contributed by atoms with Crippen LogP contribution in [0.4, 0.5) is 0 Å². The summed E-state index contributed by atoms with van der Waals surface area (Å²) < 4.78 is 1.78. The van der Waals surface area contributed by atoms with Gasteiger partial charge in [0.1, 0.15) is 0 Å². The lowest BCUT2D eigenvalue weighted by Gasteiger charge is -2.21. The predicted octanol–water partition coefficient (Wildman–Crippen LogP) is 1.23. The van der Waals surface area contributed by atoms with E-state index < -0.39 is 0 Å². The zero-order chi connectivity index (χ0) is 10.9. The van der Waals surface area contributed by atoms with Gasteiger partial charge in [-0.2, -0.15) is 5.10 Å². The summed E-state index contributed by atoms with van der Waals surface area (Å²) in [5.41, 5.74) is 0.343. The Bertz CT molecular complexity index is 364. The molecule has 82 valence electrons. The van der Waals surface area contributed by atoms with Gasteiger partial charge in [-0.3, -0.25) is 9.48 Å². The van der Waals surface area contributed by atoms with Crippen LogP contribution in [0.15, 0.2) is 12.4 Å². The van der Waals surface area contributed by atoms with Crippen molar-refractivity contribution < 1.29 is 4.79 Å². The maximum Gasteiger partial charge on any atom is 0.185 e. The van der Waals surface area contributed by atoms with Gasteiger partial charge in [-0.1, -0.05) is 0 Å². The summed E-state index contributed by atoms with van der Waals surface area (Å²) in [4.78, 5) is 12.2. The second-order valence-electron chi connectivity index (χ2n) is 4.28. The fraction of sp³-hybridized carbons (Fsp3) is 0.636. The molecule has 0 bridgehead atoms. The maximum absolute atomic E-state index is 12.2. The van der Waals surface area contributed by atoms with E-state index in [1.165, 1.54) is 0 Å². The molecule has 1 aromatic heterocycles. The third-order valence-corrected chi connectivity index (χ3v) is 3.09. The van der Waals surface area contributed by atoms with E-state index in [4.69, 9.17) is 0 Å². The highest BCUT2D eigenvalue weighted by atomic mass is 16.1. The van der Waals surface area contributed by atoms with E-state index in [-0.39, 0.29) is 11.3 Å². The van der Waals surface area contributed by atoms with Crippen molar-refractivity contribution in [2.75, 3.05) is 6.54 Å². The third-order valence-electron chi connectivity index (χ3n) is 3.09. The number of Topliss-reactive ketones (excluding diaryl/α,β-unsaturated/α-hetero) is 1. The molecule has 2 heterocycles. The summed E-state index contributed by atoms with van der Waals surface area (Å²) in [7, 11) is 0. The van der Waals surface area contributed by atoms with Crippen molar-refractivity contribution in [2.45, 2.75) is 38.8 Å². The highest BCUT2D eigenvalue weighted by Gasteiger charge is 2.36. The van der Waals surface area contributed by atoms with Gasteiger partial charge in [0.05, 0.1) is 17.3 Å². The minimum atomic E-state index is -0.373. The van der Waals surface area contributed by atoms with Crippen LogP contribution in [0.5, 0.6) is 0 Å². The normalized spacial score (nSPS) is 25.7. The molecule has 0 aromatic carbocycles. The minimum Gasteiger partial charge on any atom is -0.305 e. The molecule has 1 N–H and O–H groups in total. The van der Waals surface area contributed by atoms with Crippen molar-refractivity contribution in [3.8, 4) is 0 Å². The monoisotopic (exact) mass is 207 g/mol. The SMILES string of the molecule is CCn1cc(C(=O)C2(C)CCCN2)cn1. The average Bonchev–Trinajstić information content (AvgIpc) is 2.85. The number of aromatic nitrogens is 2. The number of hydrogen-bond donors (Lipinski definition) is 1. The van der Waals surface area contributed by atoms with E-state index in [1.807, 2.05) is 20.0 Å². The van der Waals surface area contributed by atoms with Crippen LogP contribution in [-0.4, -0.2) is 27.6 Å². The molecule has 1 saturated heterocycles. The van der Waals surface area contributed by atoms with Gasteiger partial charge in [0, 0.05) is 12.7 Å². The lowest BCUT2D eigenvalue weighted by atomic mass is 9.91. The number of rotatable bonds is 3. The topological polar surface area (TPSA) is 46.9 Å². The van der Waals surface area contributed by atoms with Crippen LogP contribution in [0.1, 0.15) is 37.0 Å². The van der Waals surface area contributed by atoms with Gasteiger partial charge in [0.15, 0.2) is 5.78 Å². The molecular weight excluding hydrogens is 190 g/mol. The lowest BCUT2D eigenvalue weighted by Crippen LogP contribution is -2.44. The van der Waals surface area contributed by atoms with E-state index in [0.29, 0.717) is 5.56 Å². The molecule has 1 atom stereocenters. The lowest BCUT2D eigenvalue weighted by molar-refractivity contribution is 0.0884. The summed E-state index contributed by atoms with van der Waals surface area (Å²) in [6, 6.07) is 0. The Labute approximate surface area is 89.7 Å². The van der Waals surface area contributed by atoms with Gasteiger partial charge in [0.2, 0.25) is 0 Å². The fourth-order valence-corrected chi connectivity index (χ4v) is 2.06. The van der Waals surface area contributed by atoms with E-state index >= 15 is 0 Å². The van der Waals surface area contributed by atoms with Crippen LogP contribution >= 0.6 is 0 Å². The molecule has 0 spiro atoms.